The van der Waals surface area contributed by atoms with Crippen LogP contribution in [0.4, 0.5) is 0 Å². The number of nitrogens with one attached hydrogen (secondary N) is 1. The molecule has 1 amide bonds. The minimum absolute atomic E-state index is 0.00229. The van der Waals surface area contributed by atoms with Gasteiger partial charge in [-0.15, -0.1) is 5.10 Å². The van der Waals surface area contributed by atoms with Crippen LogP contribution in [0.3, 0.4) is 0 Å². The van der Waals surface area contributed by atoms with Gasteiger partial charge in [0.2, 0.25) is 5.91 Å². The molecule has 3 aromatic rings. The van der Waals surface area contributed by atoms with Gasteiger partial charge in [-0.2, -0.15) is 4.68 Å². The molecule has 0 saturated carbocycles. The highest BCUT2D eigenvalue weighted by molar-refractivity contribution is 9.10. The molecular weight excluding hydrogens is 394 g/mol. The van der Waals surface area contributed by atoms with Gasteiger partial charge >= 0.3 is 0 Å². The van der Waals surface area contributed by atoms with Crippen molar-refractivity contribution in [3.8, 4) is 5.69 Å². The Hall–Kier alpha value is -2.54. The molecule has 0 aliphatic rings. The Morgan fingerprint density at radius 3 is 2.58 bits per heavy atom. The van der Waals surface area contributed by atoms with E-state index in [2.05, 4.69) is 68.0 Å². The number of hydrogen-bond acceptors (Lipinski definition) is 4. The summed E-state index contributed by atoms with van der Waals surface area (Å²) < 4.78 is 2.61. The maximum Gasteiger partial charge on any atom is 0.220 e. The van der Waals surface area contributed by atoms with Crippen molar-refractivity contribution in [2.24, 2.45) is 0 Å². The second-order valence-corrected chi connectivity index (χ2v) is 7.01. The molecule has 0 saturated heterocycles. The van der Waals surface area contributed by atoms with Gasteiger partial charge in [0.25, 0.3) is 0 Å². The molecule has 26 heavy (non-hydrogen) atoms. The Bertz CT molecular complexity index is 858. The van der Waals surface area contributed by atoms with Gasteiger partial charge in [-0.25, -0.2) is 0 Å². The predicted octanol–water partition coefficient (Wildman–Crippen LogP) is 3.37. The van der Waals surface area contributed by atoms with Crippen LogP contribution in [0.2, 0.25) is 0 Å². The largest absolute Gasteiger partial charge is 0.349 e. The van der Waals surface area contributed by atoms with Gasteiger partial charge in [0.1, 0.15) is 0 Å². The van der Waals surface area contributed by atoms with E-state index in [-0.39, 0.29) is 5.91 Å². The van der Waals surface area contributed by atoms with Gasteiger partial charge in [-0.1, -0.05) is 45.8 Å². The number of halogens is 1. The first-order valence-electron chi connectivity index (χ1n) is 8.47. The normalized spacial score (nSPS) is 10.7. The summed E-state index contributed by atoms with van der Waals surface area (Å²) >= 11 is 3.40. The number of tetrazole rings is 1. The zero-order valence-electron chi connectivity index (χ0n) is 14.5. The first-order chi connectivity index (χ1) is 12.6. The van der Waals surface area contributed by atoms with Gasteiger partial charge in [0.05, 0.1) is 12.2 Å². The van der Waals surface area contributed by atoms with E-state index in [0.29, 0.717) is 18.8 Å². The first-order valence-corrected chi connectivity index (χ1v) is 9.26. The van der Waals surface area contributed by atoms with Crippen LogP contribution in [-0.2, 0) is 17.8 Å². The molecule has 3 rings (SSSR count). The average Bonchev–Trinajstić information content (AvgIpc) is 3.11. The van der Waals surface area contributed by atoms with Crippen molar-refractivity contribution in [3.05, 3.63) is 70.0 Å². The van der Waals surface area contributed by atoms with Crippen molar-refractivity contribution >= 4 is 21.8 Å². The fourth-order valence-electron chi connectivity index (χ4n) is 2.57. The molecule has 0 radical (unpaired) electrons. The number of carbonyl (C=O) groups is 1. The van der Waals surface area contributed by atoms with Crippen molar-refractivity contribution in [3.63, 3.8) is 0 Å². The predicted molar refractivity (Wildman–Crippen MR) is 103 cm³/mol. The molecule has 1 heterocycles. The van der Waals surface area contributed by atoms with Crippen molar-refractivity contribution in [2.45, 2.75) is 32.7 Å². The molecule has 0 bridgehead atoms. The summed E-state index contributed by atoms with van der Waals surface area (Å²) in [4.78, 5) is 12.1. The number of nitrogens with zero attached hydrogens (tertiary/aromatic N) is 4. The van der Waals surface area contributed by atoms with Crippen LogP contribution in [0.15, 0.2) is 53.0 Å². The third-order valence-corrected chi connectivity index (χ3v) is 4.57. The molecule has 2 aromatic carbocycles. The van der Waals surface area contributed by atoms with Crippen LogP contribution in [0, 0.1) is 6.92 Å². The summed E-state index contributed by atoms with van der Waals surface area (Å²) in [5.41, 5.74) is 3.35. The molecule has 7 heteroatoms. The Labute approximate surface area is 160 Å². The van der Waals surface area contributed by atoms with Crippen LogP contribution in [0.1, 0.15) is 29.8 Å². The average molecular weight is 414 g/mol. The second kappa shape index (κ2) is 8.71. The first kappa shape index (κ1) is 18.3. The fraction of sp³-hybridized carbons (Fsp3) is 0.263. The lowest BCUT2D eigenvalue weighted by atomic mass is 10.1. The Morgan fingerprint density at radius 2 is 1.85 bits per heavy atom. The minimum Gasteiger partial charge on any atom is -0.349 e. The summed E-state index contributed by atoms with van der Waals surface area (Å²) in [5.74, 6) is 0.599. The molecular formula is C19H20BrN5O. The van der Waals surface area contributed by atoms with Crippen molar-refractivity contribution in [1.82, 2.24) is 25.5 Å². The number of aromatic nitrogens is 4. The maximum absolute atomic E-state index is 12.1. The lowest BCUT2D eigenvalue weighted by Gasteiger charge is -2.07. The Morgan fingerprint density at radius 1 is 1.12 bits per heavy atom. The van der Waals surface area contributed by atoms with Crippen LogP contribution < -0.4 is 5.32 Å². The topological polar surface area (TPSA) is 72.7 Å². The number of benzene rings is 2. The summed E-state index contributed by atoms with van der Waals surface area (Å²) in [7, 11) is 0. The van der Waals surface area contributed by atoms with Gasteiger partial charge in [0.15, 0.2) is 5.82 Å². The molecule has 1 N–H and O–H groups in total. The van der Waals surface area contributed by atoms with Crippen molar-refractivity contribution in [1.29, 1.82) is 0 Å². The van der Waals surface area contributed by atoms with Crippen LogP contribution in [0.5, 0.6) is 0 Å². The molecule has 0 aliphatic carbocycles. The summed E-state index contributed by atoms with van der Waals surface area (Å²) in [6.07, 6.45) is 2.19. The lowest BCUT2D eigenvalue weighted by Crippen LogP contribution is -2.24. The van der Waals surface area contributed by atoms with Crippen LogP contribution in [-0.4, -0.2) is 26.1 Å². The highest BCUT2D eigenvalue weighted by atomic mass is 79.9. The second-order valence-electron chi connectivity index (χ2n) is 6.10. The molecule has 0 aliphatic heterocycles. The number of aryl methyl sites for hydroxylation is 2. The molecule has 0 atom stereocenters. The molecule has 0 fully saturated rings. The molecule has 6 nitrogen and oxygen atoms in total. The fourth-order valence-corrected chi connectivity index (χ4v) is 2.84. The molecule has 0 unspecified atom stereocenters. The van der Waals surface area contributed by atoms with Gasteiger partial charge in [-0.05, 0) is 60.0 Å². The zero-order valence-corrected chi connectivity index (χ0v) is 16.1. The monoisotopic (exact) mass is 413 g/mol. The minimum atomic E-state index is 0.00229. The highest BCUT2D eigenvalue weighted by Gasteiger charge is 2.10. The SMILES string of the molecule is Cc1ccc(CCCC(=O)NCc2nnnn2-c2ccc(Br)cc2)cc1. The van der Waals surface area contributed by atoms with E-state index in [1.54, 1.807) is 4.68 Å². The van der Waals surface area contributed by atoms with E-state index in [0.717, 1.165) is 23.0 Å². The van der Waals surface area contributed by atoms with E-state index >= 15 is 0 Å². The molecule has 134 valence electrons. The van der Waals surface area contributed by atoms with Gasteiger partial charge < -0.3 is 5.32 Å². The van der Waals surface area contributed by atoms with Crippen molar-refractivity contribution in [2.75, 3.05) is 0 Å². The Balaban J connectivity index is 1.48. The number of rotatable bonds is 7. The third kappa shape index (κ3) is 4.98. The quantitative estimate of drug-likeness (QED) is 0.644. The number of carbonyl (C=O) groups excluding carboxylic acids is 1. The zero-order chi connectivity index (χ0) is 18.4. The van der Waals surface area contributed by atoms with Gasteiger partial charge in [-0.3, -0.25) is 4.79 Å². The van der Waals surface area contributed by atoms with Crippen molar-refractivity contribution < 1.29 is 4.79 Å². The smallest absolute Gasteiger partial charge is 0.220 e. The standard InChI is InChI=1S/C19H20BrN5O/c1-14-5-7-15(8-6-14)3-2-4-19(26)21-13-18-22-23-24-25(18)17-11-9-16(20)10-12-17/h5-12H,2-4,13H2,1H3,(H,21,26). The summed E-state index contributed by atoms with van der Waals surface area (Å²) in [6.45, 7) is 2.37. The Kier molecular flexibility index (Phi) is 6.12. The van der Waals surface area contributed by atoms with Crippen LogP contribution in [0.25, 0.3) is 5.69 Å². The third-order valence-electron chi connectivity index (χ3n) is 4.04. The van der Waals surface area contributed by atoms with Gasteiger partial charge in [0, 0.05) is 10.9 Å². The van der Waals surface area contributed by atoms with Crippen LogP contribution >= 0.6 is 15.9 Å². The molecule has 1 aromatic heterocycles. The summed E-state index contributed by atoms with van der Waals surface area (Å²) in [6, 6.07) is 16.1. The molecule has 0 spiro atoms. The van der Waals surface area contributed by atoms with E-state index in [1.165, 1.54) is 11.1 Å². The number of amides is 1. The van der Waals surface area contributed by atoms with E-state index in [9.17, 15) is 4.79 Å². The van der Waals surface area contributed by atoms with E-state index in [1.807, 2.05) is 24.3 Å². The highest BCUT2D eigenvalue weighted by Crippen LogP contribution is 2.14. The number of hydrogen-bond donors (Lipinski definition) is 1. The van der Waals surface area contributed by atoms with E-state index < -0.39 is 0 Å². The maximum atomic E-state index is 12.1. The van der Waals surface area contributed by atoms with E-state index in [4.69, 9.17) is 0 Å². The summed E-state index contributed by atoms with van der Waals surface area (Å²) in [5, 5.41) is 14.6. The lowest BCUT2D eigenvalue weighted by molar-refractivity contribution is -0.121.